The van der Waals surface area contributed by atoms with Gasteiger partial charge in [-0.15, -0.1) is 0 Å². The molecule has 0 saturated carbocycles. The van der Waals surface area contributed by atoms with Crippen molar-refractivity contribution in [3.05, 3.63) is 69.8 Å². The maximum absolute atomic E-state index is 13.9. The Labute approximate surface area is 150 Å². The molecule has 3 aromatic rings. The van der Waals surface area contributed by atoms with Crippen LogP contribution in [0.3, 0.4) is 0 Å². The maximum atomic E-state index is 13.9. The van der Waals surface area contributed by atoms with E-state index < -0.39 is 5.82 Å². The minimum absolute atomic E-state index is 0.0843. The molecule has 25 heavy (non-hydrogen) atoms. The summed E-state index contributed by atoms with van der Waals surface area (Å²) < 4.78 is 13.9. The van der Waals surface area contributed by atoms with Crippen LogP contribution < -0.4 is 0 Å². The zero-order chi connectivity index (χ0) is 18.1. The first-order valence-corrected chi connectivity index (χ1v) is 8.18. The quantitative estimate of drug-likeness (QED) is 0.701. The van der Waals surface area contributed by atoms with Crippen LogP contribution >= 0.6 is 11.6 Å². The van der Waals surface area contributed by atoms with Crippen molar-refractivity contribution < 1.29 is 9.18 Å². The summed E-state index contributed by atoms with van der Waals surface area (Å²) in [6.45, 7) is 3.86. The second-order valence-corrected chi connectivity index (χ2v) is 6.37. The first kappa shape index (κ1) is 17.3. The summed E-state index contributed by atoms with van der Waals surface area (Å²) in [6.07, 6.45) is 0. The van der Waals surface area contributed by atoms with Gasteiger partial charge in [-0.05, 0) is 44.2 Å². The Morgan fingerprint density at radius 1 is 1.12 bits per heavy atom. The largest absolute Gasteiger partial charge is 0.337 e. The van der Waals surface area contributed by atoms with E-state index in [1.54, 1.807) is 31.3 Å². The number of carbonyl (C=O) groups excluding carboxylic acids is 1. The number of rotatable bonds is 3. The first-order chi connectivity index (χ1) is 11.9. The molecule has 0 unspecified atom stereocenters. The van der Waals surface area contributed by atoms with Gasteiger partial charge in [0.05, 0.1) is 22.4 Å². The average molecular weight is 358 g/mol. The predicted molar refractivity (Wildman–Crippen MR) is 96.2 cm³/mol. The van der Waals surface area contributed by atoms with Gasteiger partial charge in [-0.3, -0.25) is 4.79 Å². The molecule has 2 aromatic carbocycles. The fourth-order valence-electron chi connectivity index (χ4n) is 2.58. The Kier molecular flexibility index (Phi) is 4.68. The van der Waals surface area contributed by atoms with E-state index in [4.69, 9.17) is 11.6 Å². The molecule has 0 atom stereocenters. The standard InChI is InChI=1S/C19H17ClFN3O/c1-11-12(2)23-18-9-13(7-8-17(18)22-11)19(25)24(3)10-14-15(20)5-4-6-16(14)21/h4-9H,10H2,1-3H3. The molecule has 0 N–H and O–H groups in total. The molecule has 1 heterocycles. The van der Waals surface area contributed by atoms with Crippen LogP contribution in [0.4, 0.5) is 4.39 Å². The van der Waals surface area contributed by atoms with Crippen molar-refractivity contribution in [2.75, 3.05) is 7.05 Å². The van der Waals surface area contributed by atoms with E-state index in [0.29, 0.717) is 21.7 Å². The van der Waals surface area contributed by atoms with E-state index >= 15 is 0 Å². The van der Waals surface area contributed by atoms with Gasteiger partial charge < -0.3 is 4.90 Å². The number of carbonyl (C=O) groups is 1. The lowest BCUT2D eigenvalue weighted by Gasteiger charge is -2.18. The van der Waals surface area contributed by atoms with Gasteiger partial charge >= 0.3 is 0 Å². The number of aromatic nitrogens is 2. The normalized spacial score (nSPS) is 10.9. The van der Waals surface area contributed by atoms with Crippen molar-refractivity contribution in [2.45, 2.75) is 20.4 Å². The van der Waals surface area contributed by atoms with Crippen molar-refractivity contribution >= 4 is 28.5 Å². The highest BCUT2D eigenvalue weighted by Gasteiger charge is 2.17. The highest BCUT2D eigenvalue weighted by atomic mass is 35.5. The monoisotopic (exact) mass is 357 g/mol. The third kappa shape index (κ3) is 3.46. The molecule has 1 aromatic heterocycles. The third-order valence-corrected chi connectivity index (χ3v) is 4.48. The Balaban J connectivity index is 1.89. The fourth-order valence-corrected chi connectivity index (χ4v) is 2.80. The number of halogens is 2. The van der Waals surface area contributed by atoms with E-state index in [1.807, 2.05) is 13.8 Å². The van der Waals surface area contributed by atoms with Gasteiger partial charge in [0.25, 0.3) is 5.91 Å². The van der Waals surface area contributed by atoms with Gasteiger partial charge in [0.15, 0.2) is 0 Å². The first-order valence-electron chi connectivity index (χ1n) is 7.80. The molecular formula is C19H17ClFN3O. The minimum atomic E-state index is -0.428. The van der Waals surface area contributed by atoms with Crippen molar-refractivity contribution in [3.8, 4) is 0 Å². The molecule has 0 radical (unpaired) electrons. The van der Waals surface area contributed by atoms with Crippen LogP contribution in [0.1, 0.15) is 27.3 Å². The summed E-state index contributed by atoms with van der Waals surface area (Å²) in [6, 6.07) is 9.65. The topological polar surface area (TPSA) is 46.1 Å². The molecule has 0 aliphatic rings. The molecule has 4 nitrogen and oxygen atoms in total. The number of benzene rings is 2. The highest BCUT2D eigenvalue weighted by Crippen LogP contribution is 2.22. The second kappa shape index (κ2) is 6.76. The third-order valence-electron chi connectivity index (χ3n) is 4.13. The van der Waals surface area contributed by atoms with Crippen LogP contribution in [0.15, 0.2) is 36.4 Å². The number of amides is 1. The SMILES string of the molecule is Cc1nc2ccc(C(=O)N(C)Cc3c(F)cccc3Cl)cc2nc1C. The smallest absolute Gasteiger partial charge is 0.253 e. The van der Waals surface area contributed by atoms with E-state index in [0.717, 1.165) is 16.9 Å². The van der Waals surface area contributed by atoms with Crippen LogP contribution in [0.2, 0.25) is 5.02 Å². The number of nitrogens with zero attached hydrogens (tertiary/aromatic N) is 3. The molecule has 0 spiro atoms. The zero-order valence-corrected chi connectivity index (χ0v) is 14.9. The molecule has 0 saturated heterocycles. The summed E-state index contributed by atoms with van der Waals surface area (Å²) in [4.78, 5) is 23.0. The lowest BCUT2D eigenvalue weighted by molar-refractivity contribution is 0.0784. The van der Waals surface area contributed by atoms with E-state index in [2.05, 4.69) is 9.97 Å². The number of hydrogen-bond donors (Lipinski definition) is 0. The van der Waals surface area contributed by atoms with Crippen LogP contribution in [0.25, 0.3) is 11.0 Å². The number of aryl methyl sites for hydroxylation is 2. The number of fused-ring (bicyclic) bond motifs is 1. The Morgan fingerprint density at radius 2 is 1.80 bits per heavy atom. The molecule has 3 rings (SSSR count). The average Bonchev–Trinajstić information content (AvgIpc) is 2.58. The molecular weight excluding hydrogens is 341 g/mol. The molecule has 6 heteroatoms. The van der Waals surface area contributed by atoms with Crippen molar-refractivity contribution in [2.24, 2.45) is 0 Å². The van der Waals surface area contributed by atoms with E-state index in [-0.39, 0.29) is 12.5 Å². The summed E-state index contributed by atoms with van der Waals surface area (Å²) in [5.74, 6) is -0.663. The van der Waals surface area contributed by atoms with Gasteiger partial charge in [-0.25, -0.2) is 14.4 Å². The number of hydrogen-bond acceptors (Lipinski definition) is 3. The molecule has 0 bridgehead atoms. The minimum Gasteiger partial charge on any atom is -0.337 e. The summed E-state index contributed by atoms with van der Waals surface area (Å²) in [5.41, 5.74) is 3.85. The molecule has 0 aliphatic heterocycles. The van der Waals surface area contributed by atoms with Crippen molar-refractivity contribution in [1.29, 1.82) is 0 Å². The zero-order valence-electron chi connectivity index (χ0n) is 14.2. The van der Waals surface area contributed by atoms with E-state index in [1.165, 1.54) is 17.0 Å². The van der Waals surface area contributed by atoms with Crippen LogP contribution in [0.5, 0.6) is 0 Å². The highest BCUT2D eigenvalue weighted by molar-refractivity contribution is 6.31. The molecule has 0 aliphatic carbocycles. The molecule has 0 fully saturated rings. The summed E-state index contributed by atoms with van der Waals surface area (Å²) in [7, 11) is 1.61. The van der Waals surface area contributed by atoms with Crippen LogP contribution in [-0.2, 0) is 6.54 Å². The van der Waals surface area contributed by atoms with Crippen molar-refractivity contribution in [3.63, 3.8) is 0 Å². The van der Waals surface area contributed by atoms with Gasteiger partial charge in [0.1, 0.15) is 5.82 Å². The molecule has 128 valence electrons. The Morgan fingerprint density at radius 3 is 2.48 bits per heavy atom. The van der Waals surface area contributed by atoms with Crippen LogP contribution in [0, 0.1) is 19.7 Å². The molecule has 1 amide bonds. The Bertz CT molecular complexity index is 954. The fraction of sp³-hybridized carbons (Fsp3) is 0.211. The van der Waals surface area contributed by atoms with Gasteiger partial charge in [-0.2, -0.15) is 0 Å². The Hall–Kier alpha value is -2.53. The van der Waals surface area contributed by atoms with Crippen molar-refractivity contribution in [1.82, 2.24) is 14.9 Å². The van der Waals surface area contributed by atoms with Crippen LogP contribution in [-0.4, -0.2) is 27.8 Å². The summed E-state index contributed by atoms with van der Waals surface area (Å²) in [5, 5.41) is 0.301. The van der Waals surface area contributed by atoms with E-state index in [9.17, 15) is 9.18 Å². The van der Waals surface area contributed by atoms with Gasteiger partial charge in [0, 0.05) is 29.7 Å². The second-order valence-electron chi connectivity index (χ2n) is 5.96. The van der Waals surface area contributed by atoms with Gasteiger partial charge in [-0.1, -0.05) is 17.7 Å². The predicted octanol–water partition coefficient (Wildman–Crippen LogP) is 4.31. The summed E-state index contributed by atoms with van der Waals surface area (Å²) >= 11 is 6.04. The lowest BCUT2D eigenvalue weighted by atomic mass is 10.1. The van der Waals surface area contributed by atoms with Gasteiger partial charge in [0.2, 0.25) is 0 Å². The maximum Gasteiger partial charge on any atom is 0.253 e. The lowest BCUT2D eigenvalue weighted by Crippen LogP contribution is -2.26.